The lowest BCUT2D eigenvalue weighted by Crippen LogP contribution is -2.10. The molecule has 2 heterocycles. The summed E-state index contributed by atoms with van der Waals surface area (Å²) in [6, 6.07) is 7.80. The molecule has 0 aliphatic rings. The van der Waals surface area contributed by atoms with Crippen molar-refractivity contribution in [2.45, 2.75) is 12.8 Å². The summed E-state index contributed by atoms with van der Waals surface area (Å²) in [7, 11) is 0. The number of pyridine rings is 1. The maximum atomic E-state index is 5.79. The topological polar surface area (TPSA) is 63.8 Å². The number of nitrogens with one attached hydrogen (secondary N) is 1. The molecule has 5 heteroatoms. The van der Waals surface area contributed by atoms with Gasteiger partial charge in [0.15, 0.2) is 0 Å². The van der Waals surface area contributed by atoms with Crippen molar-refractivity contribution in [1.82, 2.24) is 9.97 Å². The zero-order chi connectivity index (χ0) is 13.9. The van der Waals surface area contributed by atoms with Gasteiger partial charge >= 0.3 is 0 Å². The zero-order valence-electron chi connectivity index (χ0n) is 11.2. The average Bonchev–Trinajstić information content (AvgIpc) is 2.98. The molecule has 0 saturated heterocycles. The van der Waals surface area contributed by atoms with Gasteiger partial charge < -0.3 is 11.1 Å². The molecule has 0 amide bonds. The predicted molar refractivity (Wildman–Crippen MR) is 85.2 cm³/mol. The number of aromatic nitrogens is 2. The Hall–Kier alpha value is -2.14. The fourth-order valence-electron chi connectivity index (χ4n) is 2.15. The predicted octanol–water partition coefficient (Wildman–Crippen LogP) is 3.49. The summed E-state index contributed by atoms with van der Waals surface area (Å²) in [6.07, 6.45) is 3.65. The average molecular weight is 284 g/mol. The molecule has 3 N–H and O–H groups in total. The number of nitrogens with two attached hydrogens (primary N) is 1. The van der Waals surface area contributed by atoms with E-state index in [2.05, 4.69) is 22.2 Å². The van der Waals surface area contributed by atoms with Crippen LogP contribution in [-0.2, 0) is 0 Å². The molecular weight excluding hydrogens is 268 g/mol. The molecule has 0 saturated carbocycles. The minimum Gasteiger partial charge on any atom is -0.399 e. The van der Waals surface area contributed by atoms with Crippen LogP contribution in [0.15, 0.2) is 42.0 Å². The normalized spacial score (nSPS) is 12.4. The first-order valence-electron chi connectivity index (χ1n) is 6.51. The number of fused-ring (bicyclic) bond motifs is 1. The first-order chi connectivity index (χ1) is 9.74. The van der Waals surface area contributed by atoms with Gasteiger partial charge in [-0.15, -0.1) is 11.3 Å². The smallest absolute Gasteiger partial charge is 0.0970 e. The first-order valence-corrected chi connectivity index (χ1v) is 7.39. The van der Waals surface area contributed by atoms with Crippen LogP contribution in [-0.4, -0.2) is 16.5 Å². The summed E-state index contributed by atoms with van der Waals surface area (Å²) in [6.45, 7) is 3.02. The van der Waals surface area contributed by atoms with Crippen LogP contribution >= 0.6 is 11.3 Å². The standard InChI is InChI=1S/C15H16N4S/c1-10(15-18-6-7-20-15)9-19-13-4-5-17-14-8-11(16)2-3-12(13)14/h2-8,10H,9,16H2,1H3,(H,17,19). The number of hydrogen-bond donors (Lipinski definition) is 2. The van der Waals surface area contributed by atoms with Gasteiger partial charge in [-0.25, -0.2) is 4.98 Å². The fraction of sp³-hybridized carbons (Fsp3) is 0.200. The lowest BCUT2D eigenvalue weighted by molar-refractivity contribution is 0.795. The van der Waals surface area contributed by atoms with Crippen molar-refractivity contribution in [3.05, 3.63) is 47.0 Å². The Balaban J connectivity index is 1.81. The van der Waals surface area contributed by atoms with E-state index in [1.165, 1.54) is 0 Å². The highest BCUT2D eigenvalue weighted by Gasteiger charge is 2.09. The third kappa shape index (κ3) is 2.58. The molecule has 0 aliphatic carbocycles. The second kappa shape index (κ2) is 5.46. The highest BCUT2D eigenvalue weighted by molar-refractivity contribution is 7.09. The van der Waals surface area contributed by atoms with Gasteiger partial charge in [-0.2, -0.15) is 0 Å². The number of rotatable bonds is 4. The second-order valence-electron chi connectivity index (χ2n) is 4.79. The molecule has 1 atom stereocenters. The number of thiazole rings is 1. The Morgan fingerprint density at radius 2 is 2.15 bits per heavy atom. The number of nitrogen functional groups attached to an aromatic ring is 1. The summed E-state index contributed by atoms with van der Waals surface area (Å²) < 4.78 is 0. The number of benzene rings is 1. The molecule has 4 nitrogen and oxygen atoms in total. The van der Waals surface area contributed by atoms with Gasteiger partial charge in [0.2, 0.25) is 0 Å². The van der Waals surface area contributed by atoms with E-state index in [4.69, 9.17) is 5.73 Å². The highest BCUT2D eigenvalue weighted by Crippen LogP contribution is 2.25. The Morgan fingerprint density at radius 1 is 1.25 bits per heavy atom. The van der Waals surface area contributed by atoms with E-state index >= 15 is 0 Å². The molecule has 1 aromatic carbocycles. The monoisotopic (exact) mass is 284 g/mol. The lowest BCUT2D eigenvalue weighted by atomic mass is 10.1. The van der Waals surface area contributed by atoms with Crippen LogP contribution < -0.4 is 11.1 Å². The Labute approximate surface area is 121 Å². The van der Waals surface area contributed by atoms with Gasteiger partial charge in [-0.1, -0.05) is 6.92 Å². The van der Waals surface area contributed by atoms with Gasteiger partial charge in [0.25, 0.3) is 0 Å². The van der Waals surface area contributed by atoms with E-state index < -0.39 is 0 Å². The van der Waals surface area contributed by atoms with Crippen LogP contribution in [0.1, 0.15) is 17.8 Å². The van der Waals surface area contributed by atoms with Crippen LogP contribution in [0.4, 0.5) is 11.4 Å². The van der Waals surface area contributed by atoms with E-state index in [9.17, 15) is 0 Å². The van der Waals surface area contributed by atoms with E-state index in [-0.39, 0.29) is 0 Å². The van der Waals surface area contributed by atoms with Gasteiger partial charge in [0.05, 0.1) is 10.5 Å². The van der Waals surface area contributed by atoms with Crippen LogP contribution in [0.5, 0.6) is 0 Å². The summed E-state index contributed by atoms with van der Waals surface area (Å²) in [4.78, 5) is 8.70. The van der Waals surface area contributed by atoms with E-state index in [0.29, 0.717) is 5.92 Å². The minimum absolute atomic E-state index is 0.381. The van der Waals surface area contributed by atoms with Crippen molar-refractivity contribution >= 4 is 33.6 Å². The highest BCUT2D eigenvalue weighted by atomic mass is 32.1. The van der Waals surface area contributed by atoms with E-state index in [0.717, 1.165) is 33.8 Å². The number of anilines is 2. The molecule has 0 aliphatic heterocycles. The van der Waals surface area contributed by atoms with Crippen molar-refractivity contribution in [3.63, 3.8) is 0 Å². The maximum absolute atomic E-state index is 5.79. The summed E-state index contributed by atoms with van der Waals surface area (Å²) >= 11 is 1.69. The van der Waals surface area contributed by atoms with Gasteiger partial charge in [-0.05, 0) is 24.3 Å². The quantitative estimate of drug-likeness (QED) is 0.720. The second-order valence-corrected chi connectivity index (χ2v) is 5.71. The van der Waals surface area contributed by atoms with E-state index in [1.807, 2.05) is 35.8 Å². The molecular formula is C15H16N4S. The van der Waals surface area contributed by atoms with Crippen LogP contribution in [0.25, 0.3) is 10.9 Å². The lowest BCUT2D eigenvalue weighted by Gasteiger charge is -2.13. The van der Waals surface area contributed by atoms with E-state index in [1.54, 1.807) is 17.5 Å². The minimum atomic E-state index is 0.381. The van der Waals surface area contributed by atoms with Crippen molar-refractivity contribution < 1.29 is 0 Å². The third-order valence-corrected chi connectivity index (χ3v) is 4.25. The Bertz CT molecular complexity index is 709. The summed E-state index contributed by atoms with van der Waals surface area (Å²) in [5.74, 6) is 0.381. The Morgan fingerprint density at radius 3 is 2.95 bits per heavy atom. The molecule has 2 aromatic heterocycles. The molecule has 20 heavy (non-hydrogen) atoms. The SMILES string of the molecule is CC(CNc1ccnc2cc(N)ccc12)c1nccs1. The maximum Gasteiger partial charge on any atom is 0.0970 e. The fourth-order valence-corrected chi connectivity index (χ4v) is 2.85. The van der Waals surface area contributed by atoms with Crippen LogP contribution in [0.2, 0.25) is 0 Å². The third-order valence-electron chi connectivity index (χ3n) is 3.24. The molecule has 0 spiro atoms. The van der Waals surface area contributed by atoms with Crippen molar-refractivity contribution in [3.8, 4) is 0 Å². The van der Waals surface area contributed by atoms with Gasteiger partial charge in [0.1, 0.15) is 0 Å². The van der Waals surface area contributed by atoms with Crippen molar-refractivity contribution in [2.75, 3.05) is 17.6 Å². The number of hydrogen-bond acceptors (Lipinski definition) is 5. The Kier molecular flexibility index (Phi) is 3.52. The molecule has 0 bridgehead atoms. The summed E-state index contributed by atoms with van der Waals surface area (Å²) in [5.41, 5.74) is 8.52. The van der Waals surface area contributed by atoms with Crippen LogP contribution in [0.3, 0.4) is 0 Å². The molecule has 1 unspecified atom stereocenters. The van der Waals surface area contributed by atoms with Gasteiger partial charge in [0, 0.05) is 47.0 Å². The summed E-state index contributed by atoms with van der Waals surface area (Å²) in [5, 5.41) is 7.74. The molecule has 3 aromatic rings. The van der Waals surface area contributed by atoms with Crippen molar-refractivity contribution in [2.24, 2.45) is 0 Å². The van der Waals surface area contributed by atoms with Crippen molar-refractivity contribution in [1.29, 1.82) is 0 Å². The molecule has 102 valence electrons. The zero-order valence-corrected chi connectivity index (χ0v) is 12.0. The van der Waals surface area contributed by atoms with Crippen LogP contribution in [0, 0.1) is 0 Å². The molecule has 3 rings (SSSR count). The number of nitrogens with zero attached hydrogens (tertiary/aromatic N) is 2. The molecule has 0 radical (unpaired) electrons. The first kappa shape index (κ1) is 12.9. The molecule has 0 fully saturated rings. The largest absolute Gasteiger partial charge is 0.399 e. The van der Waals surface area contributed by atoms with Gasteiger partial charge in [-0.3, -0.25) is 4.98 Å².